The molecule has 4 nitrogen and oxygen atoms in total. The van der Waals surface area contributed by atoms with Gasteiger partial charge in [0.25, 0.3) is 0 Å². The lowest BCUT2D eigenvalue weighted by Crippen LogP contribution is -2.49. The highest BCUT2D eigenvalue weighted by Gasteiger charge is 2.19. The van der Waals surface area contributed by atoms with Crippen LogP contribution in [0.4, 0.5) is 0 Å². The van der Waals surface area contributed by atoms with Crippen LogP contribution in [-0.2, 0) is 0 Å². The number of hydrogen-bond acceptors (Lipinski definition) is 4. The van der Waals surface area contributed by atoms with Gasteiger partial charge in [-0.15, -0.1) is 0 Å². The van der Waals surface area contributed by atoms with Crippen molar-refractivity contribution in [3.05, 3.63) is 34.3 Å². The summed E-state index contributed by atoms with van der Waals surface area (Å²) in [4.78, 5) is 19.2. The van der Waals surface area contributed by atoms with Crippen LogP contribution in [0.15, 0.2) is 28.7 Å². The predicted molar refractivity (Wildman–Crippen MR) is 89.9 cm³/mol. The molecule has 1 aromatic carbocycles. The zero-order valence-electron chi connectivity index (χ0n) is 12.9. The Bertz CT molecular complexity index is 453. The van der Waals surface area contributed by atoms with Gasteiger partial charge >= 0.3 is 0 Å². The van der Waals surface area contributed by atoms with Gasteiger partial charge in [0.1, 0.15) is 0 Å². The summed E-state index contributed by atoms with van der Waals surface area (Å²) in [6.07, 6.45) is 0. The van der Waals surface area contributed by atoms with E-state index in [2.05, 4.69) is 44.7 Å². The third-order valence-electron chi connectivity index (χ3n) is 3.86. The molecule has 5 heteroatoms. The van der Waals surface area contributed by atoms with Gasteiger partial charge in [-0.05, 0) is 26.2 Å². The van der Waals surface area contributed by atoms with Crippen LogP contribution in [0.1, 0.15) is 10.4 Å². The summed E-state index contributed by atoms with van der Waals surface area (Å²) in [6, 6.07) is 7.62. The van der Waals surface area contributed by atoms with E-state index in [1.165, 1.54) is 0 Å². The number of Topliss-reactive ketones (excluding diaryl/α,β-unsaturated/α-hetero) is 1. The molecule has 0 saturated carbocycles. The number of carbonyl (C=O) groups is 1. The molecule has 0 radical (unpaired) electrons. The van der Waals surface area contributed by atoms with Crippen molar-refractivity contribution >= 4 is 21.7 Å². The highest BCUT2D eigenvalue weighted by atomic mass is 79.9. The number of halogens is 1. The van der Waals surface area contributed by atoms with E-state index in [1.807, 2.05) is 24.3 Å². The minimum absolute atomic E-state index is 0.212. The van der Waals surface area contributed by atoms with Gasteiger partial charge in [0.2, 0.25) is 0 Å². The van der Waals surface area contributed by atoms with E-state index in [-0.39, 0.29) is 5.78 Å². The zero-order chi connectivity index (χ0) is 15.2. The molecule has 1 aromatic rings. The number of rotatable bonds is 6. The Morgan fingerprint density at radius 2 is 1.67 bits per heavy atom. The largest absolute Gasteiger partial charge is 0.308 e. The fourth-order valence-electron chi connectivity index (χ4n) is 2.44. The van der Waals surface area contributed by atoms with Crippen molar-refractivity contribution in [1.82, 2.24) is 14.7 Å². The van der Waals surface area contributed by atoms with Crippen LogP contribution in [-0.4, -0.2) is 80.4 Å². The van der Waals surface area contributed by atoms with E-state index < -0.39 is 0 Å². The summed E-state index contributed by atoms with van der Waals surface area (Å²) in [5.41, 5.74) is 0.799. The van der Waals surface area contributed by atoms with Crippen LogP contribution in [0.2, 0.25) is 0 Å². The molecule has 1 fully saturated rings. The molecule has 0 aliphatic carbocycles. The van der Waals surface area contributed by atoms with Gasteiger partial charge in [-0.2, -0.15) is 0 Å². The van der Waals surface area contributed by atoms with Crippen molar-refractivity contribution < 1.29 is 4.79 Å². The maximum Gasteiger partial charge on any atom is 0.176 e. The standard InChI is InChI=1S/C16H24BrN3O/c1-18(2)7-8-19-9-11-20(12-10-19)13-16(21)14-3-5-15(17)6-4-14/h3-6H,7-13H2,1-2H3. The van der Waals surface area contributed by atoms with Crippen molar-refractivity contribution in [2.24, 2.45) is 0 Å². The molecule has 0 N–H and O–H groups in total. The van der Waals surface area contributed by atoms with E-state index in [9.17, 15) is 4.79 Å². The SMILES string of the molecule is CN(C)CCN1CCN(CC(=O)c2ccc(Br)cc2)CC1. The van der Waals surface area contributed by atoms with Crippen LogP contribution in [0, 0.1) is 0 Å². The third-order valence-corrected chi connectivity index (χ3v) is 4.39. The Kier molecular flexibility index (Phi) is 6.36. The number of likely N-dealkylation sites (N-methyl/N-ethyl adjacent to an activating group) is 1. The highest BCUT2D eigenvalue weighted by Crippen LogP contribution is 2.12. The molecular weight excluding hydrogens is 330 g/mol. The van der Waals surface area contributed by atoms with Crippen LogP contribution in [0.5, 0.6) is 0 Å². The molecule has 1 aliphatic rings. The average molecular weight is 354 g/mol. The molecule has 0 atom stereocenters. The van der Waals surface area contributed by atoms with Crippen molar-refractivity contribution in [1.29, 1.82) is 0 Å². The van der Waals surface area contributed by atoms with Gasteiger partial charge in [0.05, 0.1) is 6.54 Å². The summed E-state index contributed by atoms with van der Waals surface area (Å²) in [7, 11) is 4.21. The minimum Gasteiger partial charge on any atom is -0.308 e. The Labute approximate surface area is 135 Å². The molecule has 1 aliphatic heterocycles. The van der Waals surface area contributed by atoms with Gasteiger partial charge in [0, 0.05) is 49.3 Å². The maximum absolute atomic E-state index is 12.2. The Morgan fingerprint density at radius 3 is 2.24 bits per heavy atom. The molecule has 1 saturated heterocycles. The number of ketones is 1. The van der Waals surface area contributed by atoms with E-state index in [4.69, 9.17) is 0 Å². The summed E-state index contributed by atoms with van der Waals surface area (Å²) in [5, 5.41) is 0. The molecule has 1 heterocycles. The molecule has 2 rings (SSSR count). The molecule has 0 bridgehead atoms. The Balaban J connectivity index is 1.75. The smallest absolute Gasteiger partial charge is 0.176 e. The normalized spacial score (nSPS) is 17.3. The van der Waals surface area contributed by atoms with E-state index in [1.54, 1.807) is 0 Å². The lowest BCUT2D eigenvalue weighted by molar-refractivity contribution is 0.0844. The summed E-state index contributed by atoms with van der Waals surface area (Å²) >= 11 is 3.39. The van der Waals surface area contributed by atoms with E-state index >= 15 is 0 Å². The van der Waals surface area contributed by atoms with Crippen LogP contribution >= 0.6 is 15.9 Å². The second-order valence-electron chi connectivity index (χ2n) is 5.85. The van der Waals surface area contributed by atoms with Gasteiger partial charge in [-0.3, -0.25) is 14.6 Å². The quantitative estimate of drug-likeness (QED) is 0.728. The average Bonchev–Trinajstić information content (AvgIpc) is 2.47. The topological polar surface area (TPSA) is 26.8 Å². The van der Waals surface area contributed by atoms with Crippen LogP contribution in [0.25, 0.3) is 0 Å². The lowest BCUT2D eigenvalue weighted by Gasteiger charge is -2.34. The molecular formula is C16H24BrN3O. The number of hydrogen-bond donors (Lipinski definition) is 0. The summed E-state index contributed by atoms with van der Waals surface area (Å²) in [5.74, 6) is 0.212. The van der Waals surface area contributed by atoms with Gasteiger partial charge in [-0.25, -0.2) is 0 Å². The Morgan fingerprint density at radius 1 is 1.10 bits per heavy atom. The van der Waals surface area contributed by atoms with Gasteiger partial charge in [-0.1, -0.05) is 28.1 Å². The van der Waals surface area contributed by atoms with Crippen molar-refractivity contribution in [2.75, 3.05) is 59.9 Å². The minimum atomic E-state index is 0.212. The van der Waals surface area contributed by atoms with E-state index in [0.29, 0.717) is 6.54 Å². The number of nitrogens with zero attached hydrogens (tertiary/aromatic N) is 3. The second-order valence-corrected chi connectivity index (χ2v) is 6.77. The van der Waals surface area contributed by atoms with Gasteiger partial charge < -0.3 is 4.90 Å². The molecule has 116 valence electrons. The van der Waals surface area contributed by atoms with Crippen molar-refractivity contribution in [3.8, 4) is 0 Å². The van der Waals surface area contributed by atoms with E-state index in [0.717, 1.165) is 49.3 Å². The Hall–Kier alpha value is -0.750. The number of carbonyl (C=O) groups excluding carboxylic acids is 1. The summed E-state index contributed by atoms with van der Waals surface area (Å²) in [6.45, 7) is 6.82. The molecule has 0 unspecified atom stereocenters. The predicted octanol–water partition coefficient (Wildman–Crippen LogP) is 1.81. The first-order valence-electron chi connectivity index (χ1n) is 7.43. The fraction of sp³-hybridized carbons (Fsp3) is 0.562. The van der Waals surface area contributed by atoms with Crippen molar-refractivity contribution in [2.45, 2.75) is 0 Å². The first-order chi connectivity index (χ1) is 10.0. The van der Waals surface area contributed by atoms with Crippen LogP contribution < -0.4 is 0 Å². The lowest BCUT2D eigenvalue weighted by atomic mass is 10.1. The third kappa shape index (κ3) is 5.51. The number of piperazine rings is 1. The molecule has 0 amide bonds. The monoisotopic (exact) mass is 353 g/mol. The number of benzene rings is 1. The maximum atomic E-state index is 12.2. The molecule has 0 aromatic heterocycles. The molecule has 21 heavy (non-hydrogen) atoms. The first kappa shape index (κ1) is 16.6. The second kappa shape index (κ2) is 8.03. The van der Waals surface area contributed by atoms with Gasteiger partial charge in [0.15, 0.2) is 5.78 Å². The van der Waals surface area contributed by atoms with Crippen LogP contribution in [0.3, 0.4) is 0 Å². The highest BCUT2D eigenvalue weighted by molar-refractivity contribution is 9.10. The fourth-order valence-corrected chi connectivity index (χ4v) is 2.71. The first-order valence-corrected chi connectivity index (χ1v) is 8.22. The zero-order valence-corrected chi connectivity index (χ0v) is 14.5. The van der Waals surface area contributed by atoms with Crippen molar-refractivity contribution in [3.63, 3.8) is 0 Å². The summed E-state index contributed by atoms with van der Waals surface area (Å²) < 4.78 is 1.01. The molecule has 0 spiro atoms.